The zero-order valence-electron chi connectivity index (χ0n) is 13.0. The Morgan fingerprint density at radius 1 is 0.684 bits per heavy atom. The fourth-order valence-electron chi connectivity index (χ4n) is 2.23. The third-order valence-corrected chi connectivity index (χ3v) is 3.66. The molecule has 0 nitrogen and oxygen atoms in total. The minimum absolute atomic E-state index is 0.183. The Kier molecular flexibility index (Phi) is 3.47. The average Bonchev–Trinajstić information content (AvgIpc) is 2.79. The number of hydrogen-bond donors (Lipinski definition) is 0. The highest BCUT2D eigenvalue weighted by atomic mass is 14.3. The minimum atomic E-state index is 0.183. The Bertz CT molecular complexity index is 496. The molecule has 0 aromatic heterocycles. The molecule has 0 atom stereocenters. The molecule has 0 spiro atoms. The lowest BCUT2D eigenvalue weighted by atomic mass is 9.79. The Morgan fingerprint density at radius 2 is 1.21 bits per heavy atom. The van der Waals surface area contributed by atoms with Gasteiger partial charge in [-0.2, -0.15) is 0 Å². The second-order valence-corrected chi connectivity index (χ2v) is 7.47. The maximum atomic E-state index is 2.37. The van der Waals surface area contributed by atoms with Gasteiger partial charge in [-0.3, -0.25) is 0 Å². The van der Waals surface area contributed by atoms with Gasteiger partial charge in [-0.05, 0) is 33.1 Å². The van der Waals surface area contributed by atoms with E-state index in [4.69, 9.17) is 0 Å². The molecule has 0 unspecified atom stereocenters. The summed E-state index contributed by atoms with van der Waals surface area (Å²) in [6.07, 6.45) is 8.59. The molecule has 2 rings (SSSR count). The zero-order chi connectivity index (χ0) is 14.3. The van der Waals surface area contributed by atoms with Crippen molar-refractivity contribution >= 4 is 5.57 Å². The van der Waals surface area contributed by atoms with Crippen LogP contribution in [0.15, 0.2) is 36.4 Å². The van der Waals surface area contributed by atoms with Gasteiger partial charge in [0.05, 0.1) is 0 Å². The van der Waals surface area contributed by atoms with Crippen LogP contribution in [0.25, 0.3) is 5.57 Å². The first-order chi connectivity index (χ1) is 8.68. The molecule has 0 heterocycles. The Hall–Kier alpha value is -1.30. The summed E-state index contributed by atoms with van der Waals surface area (Å²) in [6.45, 7) is 13.7. The van der Waals surface area contributed by atoms with Crippen LogP contribution in [0.1, 0.15) is 58.2 Å². The van der Waals surface area contributed by atoms with Crippen molar-refractivity contribution in [2.45, 2.75) is 52.4 Å². The summed E-state index contributed by atoms with van der Waals surface area (Å²) < 4.78 is 0. The minimum Gasteiger partial charge on any atom is -0.0760 e. The summed E-state index contributed by atoms with van der Waals surface area (Å²) in [5.41, 5.74) is 5.84. The molecule has 1 aromatic carbocycles. The predicted octanol–water partition coefficient (Wildman–Crippen LogP) is 5.44. The molecule has 1 aliphatic rings. The van der Waals surface area contributed by atoms with Gasteiger partial charge < -0.3 is 0 Å². The summed E-state index contributed by atoms with van der Waals surface area (Å²) in [5.74, 6) is 0. The van der Waals surface area contributed by atoms with Crippen LogP contribution < -0.4 is 0 Å². The van der Waals surface area contributed by atoms with E-state index in [0.29, 0.717) is 0 Å². The highest BCUT2D eigenvalue weighted by molar-refractivity contribution is 5.78. The molecule has 0 fully saturated rings. The second-order valence-electron chi connectivity index (χ2n) is 7.47. The van der Waals surface area contributed by atoms with E-state index in [1.807, 2.05) is 0 Å². The molecule has 0 heteroatoms. The van der Waals surface area contributed by atoms with Crippen LogP contribution in [0.3, 0.4) is 0 Å². The van der Waals surface area contributed by atoms with Gasteiger partial charge in [0.1, 0.15) is 0 Å². The fourth-order valence-corrected chi connectivity index (χ4v) is 2.23. The largest absolute Gasteiger partial charge is 0.0760 e. The standard InChI is InChI=1S/C19H25/c1-18(2,3)16-11-15(14-9-7-8-10-14)12-17(13-16)19(4,5)6/h7-13H,1-6H3. The van der Waals surface area contributed by atoms with E-state index in [1.54, 1.807) is 0 Å². The molecule has 1 aliphatic carbocycles. The molecular weight excluding hydrogens is 228 g/mol. The molecule has 0 N–H and O–H groups in total. The molecule has 0 aliphatic heterocycles. The van der Waals surface area contributed by atoms with Gasteiger partial charge in [0.2, 0.25) is 0 Å². The van der Waals surface area contributed by atoms with Crippen molar-refractivity contribution in [1.29, 1.82) is 0 Å². The monoisotopic (exact) mass is 253 g/mol. The van der Waals surface area contributed by atoms with Crippen LogP contribution in [0.5, 0.6) is 0 Å². The van der Waals surface area contributed by atoms with Gasteiger partial charge in [0.15, 0.2) is 0 Å². The number of hydrogen-bond acceptors (Lipinski definition) is 0. The summed E-state index contributed by atoms with van der Waals surface area (Å²) in [5, 5.41) is 0. The summed E-state index contributed by atoms with van der Waals surface area (Å²) >= 11 is 0. The fraction of sp³-hybridized carbons (Fsp3) is 0.421. The summed E-state index contributed by atoms with van der Waals surface area (Å²) in [7, 11) is 0. The summed E-state index contributed by atoms with van der Waals surface area (Å²) in [6, 6.07) is 7.04. The van der Waals surface area contributed by atoms with E-state index in [1.165, 1.54) is 22.3 Å². The van der Waals surface area contributed by atoms with Crippen molar-refractivity contribution < 1.29 is 0 Å². The second kappa shape index (κ2) is 4.67. The number of benzene rings is 1. The Morgan fingerprint density at radius 3 is 1.58 bits per heavy atom. The third kappa shape index (κ3) is 3.18. The van der Waals surface area contributed by atoms with E-state index in [9.17, 15) is 0 Å². The van der Waals surface area contributed by atoms with Gasteiger partial charge in [-0.25, -0.2) is 0 Å². The Labute approximate surface area is 118 Å². The lowest BCUT2D eigenvalue weighted by molar-refractivity contribution is 0.568. The first kappa shape index (κ1) is 14.1. The van der Waals surface area contributed by atoms with Crippen LogP contribution in [0, 0.1) is 6.42 Å². The van der Waals surface area contributed by atoms with E-state index >= 15 is 0 Å². The number of allylic oxidation sites excluding steroid dienone is 4. The van der Waals surface area contributed by atoms with Crippen molar-refractivity contribution in [1.82, 2.24) is 0 Å². The molecule has 0 bridgehead atoms. The maximum Gasteiger partial charge on any atom is 0.0131 e. The molecule has 101 valence electrons. The highest BCUT2D eigenvalue weighted by Gasteiger charge is 2.21. The molecule has 0 saturated heterocycles. The van der Waals surface area contributed by atoms with Gasteiger partial charge in [0.25, 0.3) is 0 Å². The quantitative estimate of drug-likeness (QED) is 0.625. The molecule has 0 amide bonds. The van der Waals surface area contributed by atoms with Crippen LogP contribution in [-0.2, 0) is 10.8 Å². The van der Waals surface area contributed by atoms with E-state index in [0.717, 1.165) is 0 Å². The SMILES string of the molecule is CC(C)(C)c1cc(C2=CC=C[CH]2)cc(C(C)(C)C)c1. The first-order valence-corrected chi connectivity index (χ1v) is 7.06. The van der Waals surface area contributed by atoms with Gasteiger partial charge in [-0.15, -0.1) is 0 Å². The normalized spacial score (nSPS) is 15.8. The van der Waals surface area contributed by atoms with Crippen molar-refractivity contribution in [3.63, 3.8) is 0 Å². The van der Waals surface area contributed by atoms with Gasteiger partial charge >= 0.3 is 0 Å². The maximum absolute atomic E-state index is 2.37. The van der Waals surface area contributed by atoms with Gasteiger partial charge in [-0.1, -0.05) is 78.0 Å². The lowest BCUT2D eigenvalue weighted by Crippen LogP contribution is -2.17. The highest BCUT2D eigenvalue weighted by Crippen LogP contribution is 2.33. The smallest absolute Gasteiger partial charge is 0.0131 e. The van der Waals surface area contributed by atoms with E-state index in [-0.39, 0.29) is 10.8 Å². The zero-order valence-corrected chi connectivity index (χ0v) is 13.0. The van der Waals surface area contributed by atoms with Crippen molar-refractivity contribution in [2.24, 2.45) is 0 Å². The average molecular weight is 253 g/mol. The summed E-state index contributed by atoms with van der Waals surface area (Å²) in [4.78, 5) is 0. The molecular formula is C19H25. The van der Waals surface area contributed by atoms with Crippen molar-refractivity contribution in [2.75, 3.05) is 0 Å². The molecule has 0 saturated carbocycles. The molecule has 1 radical (unpaired) electrons. The predicted molar refractivity (Wildman–Crippen MR) is 85.3 cm³/mol. The van der Waals surface area contributed by atoms with Crippen molar-refractivity contribution in [3.05, 3.63) is 59.5 Å². The van der Waals surface area contributed by atoms with Crippen LogP contribution in [0.4, 0.5) is 0 Å². The van der Waals surface area contributed by atoms with E-state index in [2.05, 4.69) is 84.4 Å². The van der Waals surface area contributed by atoms with Gasteiger partial charge in [0, 0.05) is 6.42 Å². The lowest BCUT2D eigenvalue weighted by Gasteiger charge is -2.26. The van der Waals surface area contributed by atoms with Crippen LogP contribution in [-0.4, -0.2) is 0 Å². The molecule has 19 heavy (non-hydrogen) atoms. The topological polar surface area (TPSA) is 0 Å². The first-order valence-electron chi connectivity index (χ1n) is 7.06. The molecule has 1 aromatic rings. The Balaban J connectivity index is 2.55. The third-order valence-electron chi connectivity index (χ3n) is 3.66. The van der Waals surface area contributed by atoms with Crippen LogP contribution in [0.2, 0.25) is 0 Å². The van der Waals surface area contributed by atoms with Crippen molar-refractivity contribution in [3.8, 4) is 0 Å². The van der Waals surface area contributed by atoms with E-state index < -0.39 is 0 Å². The van der Waals surface area contributed by atoms with Crippen LogP contribution >= 0.6 is 0 Å². The number of rotatable bonds is 1.